The van der Waals surface area contributed by atoms with Crippen molar-refractivity contribution in [1.29, 1.82) is 0 Å². The molecule has 0 spiro atoms. The Hall–Kier alpha value is -0.583. The van der Waals surface area contributed by atoms with Gasteiger partial charge in [-0.25, -0.2) is 4.79 Å². The highest BCUT2D eigenvalue weighted by molar-refractivity contribution is 6.70. The molecule has 0 unspecified atom stereocenters. The van der Waals surface area contributed by atoms with E-state index in [1.165, 1.54) is 0 Å². The molecule has 5 heteroatoms. The zero-order valence-corrected chi connectivity index (χ0v) is 7.98. The van der Waals surface area contributed by atoms with E-state index in [4.69, 9.17) is 5.73 Å². The molecule has 0 aliphatic carbocycles. The molecule has 0 aromatic carbocycles. The van der Waals surface area contributed by atoms with E-state index in [0.29, 0.717) is 19.0 Å². The van der Waals surface area contributed by atoms with Crippen molar-refractivity contribution in [2.24, 2.45) is 5.73 Å². The van der Waals surface area contributed by atoms with Crippen LogP contribution in [0.1, 0.15) is 6.42 Å². The smallest absolute Gasteiger partial charge is 0.312 e. The SMILES string of the molecule is C[Si](C)(F)CCCNC(N)=O. The van der Waals surface area contributed by atoms with Crippen LogP contribution in [0.3, 0.4) is 0 Å². The van der Waals surface area contributed by atoms with Crippen LogP contribution in [0.15, 0.2) is 0 Å². The minimum Gasteiger partial charge on any atom is -0.352 e. The first-order chi connectivity index (χ1) is 4.92. The fourth-order valence-electron chi connectivity index (χ4n) is 0.720. The topological polar surface area (TPSA) is 55.1 Å². The molecule has 0 aromatic rings. The summed E-state index contributed by atoms with van der Waals surface area (Å²) in [6, 6.07) is 0.0381. The molecule has 0 aliphatic rings. The van der Waals surface area contributed by atoms with Crippen molar-refractivity contribution >= 4 is 14.4 Å². The summed E-state index contributed by atoms with van der Waals surface area (Å²) in [7, 11) is -2.42. The van der Waals surface area contributed by atoms with E-state index < -0.39 is 14.4 Å². The molecule has 66 valence electrons. The minimum absolute atomic E-state index is 0.482. The number of carbonyl (C=O) groups is 1. The fraction of sp³-hybridized carbons (Fsp3) is 0.833. The zero-order chi connectivity index (χ0) is 8.91. The lowest BCUT2D eigenvalue weighted by Gasteiger charge is -2.09. The first kappa shape index (κ1) is 10.4. The predicted molar refractivity (Wildman–Crippen MR) is 45.6 cm³/mol. The Morgan fingerprint density at radius 3 is 2.55 bits per heavy atom. The number of halogens is 1. The lowest BCUT2D eigenvalue weighted by molar-refractivity contribution is 0.249. The molecule has 0 atom stereocenters. The number of hydrogen-bond acceptors (Lipinski definition) is 1. The number of urea groups is 1. The van der Waals surface area contributed by atoms with E-state index in [1.807, 2.05) is 0 Å². The van der Waals surface area contributed by atoms with Gasteiger partial charge < -0.3 is 15.2 Å². The van der Waals surface area contributed by atoms with Gasteiger partial charge in [0.05, 0.1) is 0 Å². The number of hydrogen-bond donors (Lipinski definition) is 2. The van der Waals surface area contributed by atoms with Crippen molar-refractivity contribution in [2.45, 2.75) is 25.6 Å². The maximum absolute atomic E-state index is 12.9. The van der Waals surface area contributed by atoms with Gasteiger partial charge in [0.1, 0.15) is 0 Å². The highest BCUT2D eigenvalue weighted by Crippen LogP contribution is 2.11. The number of carbonyl (C=O) groups excluding carboxylic acids is 1. The van der Waals surface area contributed by atoms with Gasteiger partial charge in [-0.1, -0.05) is 0 Å². The molecule has 3 N–H and O–H groups in total. The van der Waals surface area contributed by atoms with Gasteiger partial charge in [0, 0.05) is 6.54 Å². The highest BCUT2D eigenvalue weighted by atomic mass is 28.4. The quantitative estimate of drug-likeness (QED) is 0.379. The normalized spacial score (nSPS) is 11.2. The summed E-state index contributed by atoms with van der Waals surface area (Å²) in [5.74, 6) is 0. The Balaban J connectivity index is 3.22. The van der Waals surface area contributed by atoms with Crippen LogP contribution in [0.5, 0.6) is 0 Å². The molecule has 0 fully saturated rings. The molecule has 0 radical (unpaired) electrons. The number of nitrogens with two attached hydrogens (primary N) is 1. The minimum atomic E-state index is -2.42. The summed E-state index contributed by atoms with van der Waals surface area (Å²) < 4.78 is 12.9. The summed E-state index contributed by atoms with van der Waals surface area (Å²) in [5.41, 5.74) is 4.81. The molecule has 0 rings (SSSR count). The van der Waals surface area contributed by atoms with E-state index >= 15 is 0 Å². The first-order valence-electron chi connectivity index (χ1n) is 3.64. The molecular formula is C6H15FN2OSi. The van der Waals surface area contributed by atoms with Crippen molar-refractivity contribution in [3.63, 3.8) is 0 Å². The van der Waals surface area contributed by atoms with Gasteiger partial charge in [-0.3, -0.25) is 0 Å². The van der Waals surface area contributed by atoms with Crippen molar-refractivity contribution < 1.29 is 8.90 Å². The number of amides is 2. The molecule has 0 heterocycles. The summed E-state index contributed by atoms with van der Waals surface area (Å²) in [6.45, 7) is 3.78. The highest BCUT2D eigenvalue weighted by Gasteiger charge is 2.18. The summed E-state index contributed by atoms with van der Waals surface area (Å²) in [6.07, 6.45) is 0.679. The maximum Gasteiger partial charge on any atom is 0.312 e. The number of primary amides is 1. The first-order valence-corrected chi connectivity index (χ1v) is 6.72. The second-order valence-electron chi connectivity index (χ2n) is 3.11. The Morgan fingerprint density at radius 2 is 2.18 bits per heavy atom. The second-order valence-corrected chi connectivity index (χ2v) is 7.05. The largest absolute Gasteiger partial charge is 0.352 e. The molecule has 0 aromatic heterocycles. The third kappa shape index (κ3) is 9.42. The second kappa shape index (κ2) is 4.33. The molecule has 0 saturated heterocycles. The van der Waals surface area contributed by atoms with Crippen molar-refractivity contribution in [3.05, 3.63) is 0 Å². The molecule has 0 aliphatic heterocycles. The molecule has 0 saturated carbocycles. The van der Waals surface area contributed by atoms with Gasteiger partial charge in [0.15, 0.2) is 0 Å². The van der Waals surface area contributed by atoms with Crippen molar-refractivity contribution in [1.82, 2.24) is 5.32 Å². The van der Waals surface area contributed by atoms with Crippen LogP contribution < -0.4 is 11.1 Å². The monoisotopic (exact) mass is 178 g/mol. The Kier molecular flexibility index (Phi) is 4.10. The lowest BCUT2D eigenvalue weighted by atomic mass is 10.5. The summed E-state index contributed by atoms with van der Waals surface area (Å²) in [5, 5.41) is 2.41. The molecular weight excluding hydrogens is 163 g/mol. The van der Waals surface area contributed by atoms with Gasteiger partial charge in [0.25, 0.3) is 0 Å². The fourth-order valence-corrected chi connectivity index (χ4v) is 1.74. The van der Waals surface area contributed by atoms with Crippen LogP contribution in [-0.4, -0.2) is 21.0 Å². The van der Waals surface area contributed by atoms with Crippen LogP contribution in [0, 0.1) is 0 Å². The average Bonchev–Trinajstić information content (AvgIpc) is 1.78. The van der Waals surface area contributed by atoms with E-state index in [1.54, 1.807) is 13.1 Å². The van der Waals surface area contributed by atoms with Crippen molar-refractivity contribution in [3.8, 4) is 0 Å². The van der Waals surface area contributed by atoms with Crippen LogP contribution in [0.2, 0.25) is 19.1 Å². The molecule has 3 nitrogen and oxygen atoms in total. The van der Waals surface area contributed by atoms with Gasteiger partial charge >= 0.3 is 6.03 Å². The zero-order valence-electron chi connectivity index (χ0n) is 6.98. The maximum atomic E-state index is 12.9. The Labute approximate surface area is 67.3 Å². The van der Waals surface area contributed by atoms with E-state index in [2.05, 4.69) is 5.32 Å². The van der Waals surface area contributed by atoms with Gasteiger partial charge in [-0.05, 0) is 25.6 Å². The van der Waals surface area contributed by atoms with Gasteiger partial charge in [-0.2, -0.15) is 0 Å². The molecule has 11 heavy (non-hydrogen) atoms. The Morgan fingerprint density at radius 1 is 1.64 bits per heavy atom. The predicted octanol–water partition coefficient (Wildman–Crippen LogP) is 1.22. The Bertz CT molecular complexity index is 135. The third-order valence-corrected chi connectivity index (χ3v) is 2.79. The summed E-state index contributed by atoms with van der Waals surface area (Å²) in [4.78, 5) is 10.2. The van der Waals surface area contributed by atoms with Crippen LogP contribution in [-0.2, 0) is 0 Å². The third-order valence-electron chi connectivity index (χ3n) is 1.25. The lowest BCUT2D eigenvalue weighted by Crippen LogP contribution is -2.31. The van der Waals surface area contributed by atoms with E-state index in [-0.39, 0.29) is 0 Å². The molecule has 0 bridgehead atoms. The molecule has 2 amide bonds. The summed E-state index contributed by atoms with van der Waals surface area (Å²) >= 11 is 0. The number of rotatable bonds is 4. The van der Waals surface area contributed by atoms with Gasteiger partial charge in [0.2, 0.25) is 8.41 Å². The van der Waals surface area contributed by atoms with Crippen LogP contribution in [0.4, 0.5) is 8.90 Å². The number of nitrogens with one attached hydrogen (secondary N) is 1. The van der Waals surface area contributed by atoms with E-state index in [0.717, 1.165) is 0 Å². The van der Waals surface area contributed by atoms with E-state index in [9.17, 15) is 8.90 Å². The standard InChI is InChI=1S/C6H15FN2OSi/c1-11(2,7)5-3-4-9-6(8)10/h3-5H2,1-2H3,(H3,8,9,10). The van der Waals surface area contributed by atoms with Crippen LogP contribution >= 0.6 is 0 Å². The van der Waals surface area contributed by atoms with Crippen LogP contribution in [0.25, 0.3) is 0 Å². The van der Waals surface area contributed by atoms with Gasteiger partial charge in [-0.15, -0.1) is 0 Å². The van der Waals surface area contributed by atoms with Crippen molar-refractivity contribution in [2.75, 3.05) is 6.54 Å². The average molecular weight is 178 g/mol.